The third kappa shape index (κ3) is 4.51. The van der Waals surface area contributed by atoms with Gasteiger partial charge in [-0.2, -0.15) is 0 Å². The molecule has 0 radical (unpaired) electrons. The fraction of sp³-hybridized carbons (Fsp3) is 0.476. The molecule has 1 saturated heterocycles. The van der Waals surface area contributed by atoms with Gasteiger partial charge in [0.25, 0.3) is 5.91 Å². The lowest BCUT2D eigenvalue weighted by Gasteiger charge is -2.35. The Hall–Kier alpha value is -2.07. The summed E-state index contributed by atoms with van der Waals surface area (Å²) in [5.41, 5.74) is 3.09. The summed E-state index contributed by atoms with van der Waals surface area (Å²) in [7, 11) is 0. The van der Waals surface area contributed by atoms with E-state index in [1.165, 1.54) is 17.5 Å². The molecular formula is C21H28N2O2. The predicted molar refractivity (Wildman–Crippen MR) is 99.3 cm³/mol. The highest BCUT2D eigenvalue weighted by Crippen LogP contribution is 2.23. The van der Waals surface area contributed by atoms with Crippen molar-refractivity contribution in [1.29, 1.82) is 0 Å². The molecule has 4 nitrogen and oxygen atoms in total. The zero-order valence-corrected chi connectivity index (χ0v) is 15.4. The van der Waals surface area contributed by atoms with E-state index >= 15 is 0 Å². The third-order valence-corrected chi connectivity index (χ3v) is 5.00. The number of amides is 1. The Labute approximate surface area is 150 Å². The summed E-state index contributed by atoms with van der Waals surface area (Å²) in [5, 5.41) is 3.02. The average molecular weight is 340 g/mol. The first-order valence-electron chi connectivity index (χ1n) is 9.14. The average Bonchev–Trinajstić information content (AvgIpc) is 2.99. The van der Waals surface area contributed by atoms with E-state index in [0.29, 0.717) is 17.9 Å². The summed E-state index contributed by atoms with van der Waals surface area (Å²) in [6.07, 6.45) is 2.87. The van der Waals surface area contributed by atoms with E-state index in [0.717, 1.165) is 31.5 Å². The van der Waals surface area contributed by atoms with Gasteiger partial charge in [-0.25, -0.2) is 0 Å². The zero-order valence-electron chi connectivity index (χ0n) is 15.4. The second-order valence-corrected chi connectivity index (χ2v) is 7.48. The van der Waals surface area contributed by atoms with Crippen LogP contribution >= 0.6 is 0 Å². The number of carbonyl (C=O) groups is 1. The maximum Gasteiger partial charge on any atom is 0.255 e. The van der Waals surface area contributed by atoms with Crippen LogP contribution in [0.3, 0.4) is 0 Å². The van der Waals surface area contributed by atoms with Gasteiger partial charge in [0.1, 0.15) is 5.76 Å². The molecule has 0 bridgehead atoms. The van der Waals surface area contributed by atoms with Crippen LogP contribution in [-0.4, -0.2) is 23.9 Å². The largest absolute Gasteiger partial charge is 0.469 e. The van der Waals surface area contributed by atoms with E-state index in [2.05, 4.69) is 42.3 Å². The second kappa shape index (κ2) is 7.87. The topological polar surface area (TPSA) is 45.5 Å². The molecule has 0 unspecified atom stereocenters. The first-order valence-corrected chi connectivity index (χ1v) is 9.14. The van der Waals surface area contributed by atoms with Crippen molar-refractivity contribution in [2.24, 2.45) is 11.8 Å². The summed E-state index contributed by atoms with van der Waals surface area (Å²) in [5.74, 6) is 2.07. The lowest BCUT2D eigenvalue weighted by Crippen LogP contribution is -2.38. The Kier molecular flexibility index (Phi) is 5.59. The van der Waals surface area contributed by atoms with Gasteiger partial charge in [-0.15, -0.1) is 0 Å². The molecule has 2 heterocycles. The number of likely N-dealkylation sites (tertiary alicyclic amines) is 1. The fourth-order valence-corrected chi connectivity index (χ4v) is 3.94. The second-order valence-electron chi connectivity index (χ2n) is 7.48. The number of hydrogen-bond donors (Lipinski definition) is 1. The maximum absolute atomic E-state index is 12.3. The molecule has 1 fully saturated rings. The normalized spacial score (nSPS) is 21.2. The minimum absolute atomic E-state index is 0.0822. The lowest BCUT2D eigenvalue weighted by atomic mass is 9.91. The summed E-state index contributed by atoms with van der Waals surface area (Å²) < 4.78 is 5.21. The highest BCUT2D eigenvalue weighted by molar-refractivity contribution is 5.94. The maximum atomic E-state index is 12.3. The molecule has 1 aliphatic heterocycles. The van der Waals surface area contributed by atoms with E-state index in [9.17, 15) is 4.79 Å². The summed E-state index contributed by atoms with van der Waals surface area (Å²) in [6, 6.07) is 10.1. The van der Waals surface area contributed by atoms with Crippen molar-refractivity contribution in [2.75, 3.05) is 13.1 Å². The Morgan fingerprint density at radius 2 is 1.84 bits per heavy atom. The first-order chi connectivity index (χ1) is 12.0. The molecule has 1 amide bonds. The van der Waals surface area contributed by atoms with Crippen molar-refractivity contribution in [1.82, 2.24) is 10.2 Å². The van der Waals surface area contributed by atoms with E-state index in [-0.39, 0.29) is 5.91 Å². The smallest absolute Gasteiger partial charge is 0.255 e. The van der Waals surface area contributed by atoms with Crippen LogP contribution in [0.1, 0.15) is 47.5 Å². The van der Waals surface area contributed by atoms with Gasteiger partial charge in [-0.3, -0.25) is 9.69 Å². The van der Waals surface area contributed by atoms with Crippen LogP contribution in [0.25, 0.3) is 0 Å². The molecule has 0 spiro atoms. The summed E-state index contributed by atoms with van der Waals surface area (Å²) in [4.78, 5) is 14.8. The van der Waals surface area contributed by atoms with Gasteiger partial charge in [-0.05, 0) is 42.4 Å². The SMILES string of the molecule is Cc1occc1C(=O)NCc1ccccc1CN1C[C@@H](C)C[C@H](C)C1. The molecule has 1 N–H and O–H groups in total. The quantitative estimate of drug-likeness (QED) is 0.895. The molecule has 2 atom stereocenters. The number of furan rings is 1. The number of nitrogens with zero attached hydrogens (tertiary/aromatic N) is 1. The van der Waals surface area contributed by atoms with Crippen molar-refractivity contribution in [3.05, 3.63) is 59.0 Å². The standard InChI is InChI=1S/C21H28N2O2/c1-15-10-16(2)13-23(12-15)14-19-7-5-4-6-18(19)11-22-21(24)20-8-9-25-17(20)3/h4-9,15-16H,10-14H2,1-3H3,(H,22,24)/t15-,16-/m0/s1. The van der Waals surface area contributed by atoms with E-state index in [1.54, 1.807) is 12.3 Å². The minimum atomic E-state index is -0.0822. The van der Waals surface area contributed by atoms with Gasteiger partial charge in [0.15, 0.2) is 0 Å². The zero-order chi connectivity index (χ0) is 17.8. The first kappa shape index (κ1) is 17.7. The number of aryl methyl sites for hydroxylation is 1. The number of piperidine rings is 1. The van der Waals surface area contributed by atoms with Gasteiger partial charge in [0.05, 0.1) is 11.8 Å². The Bertz CT molecular complexity index is 712. The third-order valence-electron chi connectivity index (χ3n) is 5.00. The highest BCUT2D eigenvalue weighted by Gasteiger charge is 2.22. The Morgan fingerprint density at radius 3 is 2.48 bits per heavy atom. The highest BCUT2D eigenvalue weighted by atomic mass is 16.3. The van der Waals surface area contributed by atoms with E-state index in [4.69, 9.17) is 4.42 Å². The molecule has 0 aliphatic carbocycles. The number of carbonyl (C=O) groups excluding carboxylic acids is 1. The fourth-order valence-electron chi connectivity index (χ4n) is 3.94. The minimum Gasteiger partial charge on any atom is -0.469 e. The molecule has 0 saturated carbocycles. The number of nitrogens with one attached hydrogen (secondary N) is 1. The van der Waals surface area contributed by atoms with Crippen molar-refractivity contribution < 1.29 is 9.21 Å². The summed E-state index contributed by atoms with van der Waals surface area (Å²) in [6.45, 7) is 10.3. The van der Waals surface area contributed by atoms with Gasteiger partial charge >= 0.3 is 0 Å². The lowest BCUT2D eigenvalue weighted by molar-refractivity contribution is 0.0949. The van der Waals surface area contributed by atoms with Crippen LogP contribution in [0, 0.1) is 18.8 Å². The molecular weight excluding hydrogens is 312 g/mol. The van der Waals surface area contributed by atoms with Gasteiger partial charge in [-0.1, -0.05) is 38.1 Å². The van der Waals surface area contributed by atoms with Gasteiger partial charge < -0.3 is 9.73 Å². The van der Waals surface area contributed by atoms with Crippen molar-refractivity contribution in [3.8, 4) is 0 Å². The van der Waals surface area contributed by atoms with Crippen LogP contribution in [-0.2, 0) is 13.1 Å². The number of rotatable bonds is 5. The molecule has 25 heavy (non-hydrogen) atoms. The molecule has 1 aromatic carbocycles. The van der Waals surface area contributed by atoms with Gasteiger partial charge in [0.2, 0.25) is 0 Å². The van der Waals surface area contributed by atoms with Crippen LogP contribution < -0.4 is 5.32 Å². The van der Waals surface area contributed by atoms with Crippen LogP contribution in [0.4, 0.5) is 0 Å². The van der Waals surface area contributed by atoms with Crippen LogP contribution in [0.15, 0.2) is 41.0 Å². The molecule has 2 aromatic rings. The van der Waals surface area contributed by atoms with E-state index < -0.39 is 0 Å². The van der Waals surface area contributed by atoms with E-state index in [1.807, 2.05) is 13.0 Å². The van der Waals surface area contributed by atoms with Crippen molar-refractivity contribution >= 4 is 5.91 Å². The summed E-state index contributed by atoms with van der Waals surface area (Å²) >= 11 is 0. The number of hydrogen-bond acceptors (Lipinski definition) is 3. The number of benzene rings is 1. The van der Waals surface area contributed by atoms with Crippen molar-refractivity contribution in [3.63, 3.8) is 0 Å². The van der Waals surface area contributed by atoms with Crippen molar-refractivity contribution in [2.45, 2.75) is 40.3 Å². The van der Waals surface area contributed by atoms with Gasteiger partial charge in [0, 0.05) is 26.2 Å². The monoisotopic (exact) mass is 340 g/mol. The molecule has 3 rings (SSSR count). The Balaban J connectivity index is 1.65. The Morgan fingerprint density at radius 1 is 1.16 bits per heavy atom. The molecule has 4 heteroatoms. The van der Waals surface area contributed by atoms with Crippen LogP contribution in [0.5, 0.6) is 0 Å². The molecule has 1 aliphatic rings. The molecule has 1 aromatic heterocycles. The van der Waals surface area contributed by atoms with Crippen LogP contribution in [0.2, 0.25) is 0 Å². The predicted octanol–water partition coefficient (Wildman–Crippen LogP) is 4.00. The molecule has 134 valence electrons.